The van der Waals surface area contributed by atoms with Crippen molar-refractivity contribution in [2.75, 3.05) is 6.61 Å². The molecule has 2 rings (SSSR count). The van der Waals surface area contributed by atoms with Crippen LogP contribution >= 0.6 is 0 Å². The van der Waals surface area contributed by atoms with Gasteiger partial charge in [0.15, 0.2) is 6.61 Å². The van der Waals surface area contributed by atoms with Gasteiger partial charge in [-0.1, -0.05) is 32.8 Å². The molecule has 1 N–H and O–H groups in total. The topological polar surface area (TPSA) is 38.3 Å². The Morgan fingerprint density at radius 1 is 1.24 bits per heavy atom. The first-order valence-corrected chi connectivity index (χ1v) is 7.97. The van der Waals surface area contributed by atoms with Crippen LogP contribution in [0.4, 0.5) is 0 Å². The highest BCUT2D eigenvalue weighted by Crippen LogP contribution is 2.29. The third kappa shape index (κ3) is 4.23. The zero-order valence-electron chi connectivity index (χ0n) is 13.6. The Balaban J connectivity index is 1.83. The maximum absolute atomic E-state index is 12.1. The standard InChI is InChI=1S/C18H27NO2/c1-12-8-9-16(10-14(12)3)21-11-18(20)19-17-7-5-6-13(2)15(17)4/h8-10,13,15,17H,5-7,11H2,1-4H3,(H,19,20). The van der Waals surface area contributed by atoms with Crippen LogP contribution in [0.2, 0.25) is 0 Å². The summed E-state index contributed by atoms with van der Waals surface area (Å²) in [5.74, 6) is 1.98. The predicted octanol–water partition coefficient (Wildman–Crippen LogP) is 3.62. The SMILES string of the molecule is Cc1ccc(OCC(=O)NC2CCCC(C)C2C)cc1C. The van der Waals surface area contributed by atoms with Crippen molar-refractivity contribution < 1.29 is 9.53 Å². The first-order valence-electron chi connectivity index (χ1n) is 7.97. The molecular formula is C18H27NO2. The van der Waals surface area contributed by atoms with Crippen LogP contribution in [-0.4, -0.2) is 18.6 Å². The number of benzene rings is 1. The molecule has 3 nitrogen and oxygen atoms in total. The summed E-state index contributed by atoms with van der Waals surface area (Å²) in [5.41, 5.74) is 2.42. The van der Waals surface area contributed by atoms with Gasteiger partial charge in [-0.3, -0.25) is 4.79 Å². The molecule has 21 heavy (non-hydrogen) atoms. The van der Waals surface area contributed by atoms with Gasteiger partial charge in [0.25, 0.3) is 5.91 Å². The summed E-state index contributed by atoms with van der Waals surface area (Å²) in [6.45, 7) is 8.72. The van der Waals surface area contributed by atoms with E-state index in [0.717, 1.165) is 12.2 Å². The van der Waals surface area contributed by atoms with Crippen LogP contribution in [0.5, 0.6) is 5.75 Å². The van der Waals surface area contributed by atoms with Crippen LogP contribution < -0.4 is 10.1 Å². The molecule has 1 aliphatic rings. The lowest BCUT2D eigenvalue weighted by Crippen LogP contribution is -2.45. The molecule has 0 spiro atoms. The maximum Gasteiger partial charge on any atom is 0.258 e. The number of amides is 1. The number of hydrogen-bond acceptors (Lipinski definition) is 2. The molecule has 3 atom stereocenters. The quantitative estimate of drug-likeness (QED) is 0.919. The molecule has 0 heterocycles. The van der Waals surface area contributed by atoms with E-state index in [0.29, 0.717) is 17.9 Å². The second-order valence-electron chi connectivity index (χ2n) is 6.48. The Kier molecular flexibility index (Phi) is 5.27. The van der Waals surface area contributed by atoms with Crippen LogP contribution in [-0.2, 0) is 4.79 Å². The zero-order chi connectivity index (χ0) is 15.4. The van der Waals surface area contributed by atoms with Gasteiger partial charge in [0.05, 0.1) is 0 Å². The van der Waals surface area contributed by atoms with E-state index >= 15 is 0 Å². The van der Waals surface area contributed by atoms with Gasteiger partial charge >= 0.3 is 0 Å². The Morgan fingerprint density at radius 2 is 2.00 bits per heavy atom. The molecule has 0 aromatic heterocycles. The van der Waals surface area contributed by atoms with E-state index in [-0.39, 0.29) is 12.5 Å². The maximum atomic E-state index is 12.1. The second-order valence-corrected chi connectivity index (χ2v) is 6.48. The Labute approximate surface area is 128 Å². The lowest BCUT2D eigenvalue weighted by atomic mass is 9.78. The van der Waals surface area contributed by atoms with E-state index in [4.69, 9.17) is 4.74 Å². The average molecular weight is 289 g/mol. The molecular weight excluding hydrogens is 262 g/mol. The lowest BCUT2D eigenvalue weighted by molar-refractivity contribution is -0.124. The van der Waals surface area contributed by atoms with E-state index in [1.807, 2.05) is 25.1 Å². The molecule has 1 aromatic carbocycles. The van der Waals surface area contributed by atoms with Gasteiger partial charge in [-0.05, 0) is 55.4 Å². The number of nitrogens with one attached hydrogen (secondary N) is 1. The molecule has 3 unspecified atom stereocenters. The molecule has 1 fully saturated rings. The molecule has 0 saturated heterocycles. The number of carbonyl (C=O) groups is 1. The van der Waals surface area contributed by atoms with Crippen LogP contribution in [0.25, 0.3) is 0 Å². The number of ether oxygens (including phenoxy) is 1. The van der Waals surface area contributed by atoms with Crippen molar-refractivity contribution in [1.82, 2.24) is 5.32 Å². The van der Waals surface area contributed by atoms with Gasteiger partial charge in [-0.25, -0.2) is 0 Å². The molecule has 116 valence electrons. The Morgan fingerprint density at radius 3 is 2.71 bits per heavy atom. The van der Waals surface area contributed by atoms with Gasteiger partial charge in [-0.15, -0.1) is 0 Å². The van der Waals surface area contributed by atoms with Crippen molar-refractivity contribution in [3.05, 3.63) is 29.3 Å². The highest BCUT2D eigenvalue weighted by Gasteiger charge is 2.28. The summed E-state index contributed by atoms with van der Waals surface area (Å²) in [5, 5.41) is 3.13. The predicted molar refractivity (Wildman–Crippen MR) is 85.5 cm³/mol. The monoisotopic (exact) mass is 289 g/mol. The fourth-order valence-electron chi connectivity index (χ4n) is 2.99. The normalized spacial score (nSPS) is 25.4. The third-order valence-electron chi connectivity index (χ3n) is 4.90. The first-order chi connectivity index (χ1) is 9.97. The molecule has 0 bridgehead atoms. The Hall–Kier alpha value is -1.51. The third-order valence-corrected chi connectivity index (χ3v) is 4.90. The smallest absolute Gasteiger partial charge is 0.258 e. The minimum Gasteiger partial charge on any atom is -0.484 e. The summed E-state index contributed by atoms with van der Waals surface area (Å²) >= 11 is 0. The minimum absolute atomic E-state index is 0.0146. The van der Waals surface area contributed by atoms with Crippen molar-refractivity contribution in [2.45, 2.75) is 53.0 Å². The van der Waals surface area contributed by atoms with Crippen LogP contribution in [0.1, 0.15) is 44.2 Å². The van der Waals surface area contributed by atoms with E-state index in [1.54, 1.807) is 0 Å². The fourth-order valence-corrected chi connectivity index (χ4v) is 2.99. The minimum atomic E-state index is -0.0146. The molecule has 1 amide bonds. The van der Waals surface area contributed by atoms with Gasteiger partial charge in [0.2, 0.25) is 0 Å². The Bertz CT molecular complexity index is 498. The largest absolute Gasteiger partial charge is 0.484 e. The van der Waals surface area contributed by atoms with Crippen molar-refractivity contribution in [1.29, 1.82) is 0 Å². The van der Waals surface area contributed by atoms with E-state index < -0.39 is 0 Å². The number of hydrogen-bond donors (Lipinski definition) is 1. The number of rotatable bonds is 4. The fraction of sp³-hybridized carbons (Fsp3) is 0.611. The second kappa shape index (κ2) is 6.97. The molecule has 1 aromatic rings. The van der Waals surface area contributed by atoms with Gasteiger partial charge in [0, 0.05) is 6.04 Å². The highest BCUT2D eigenvalue weighted by molar-refractivity contribution is 5.77. The van der Waals surface area contributed by atoms with Crippen molar-refractivity contribution in [3.8, 4) is 5.75 Å². The highest BCUT2D eigenvalue weighted by atomic mass is 16.5. The van der Waals surface area contributed by atoms with E-state index in [1.165, 1.54) is 24.0 Å². The lowest BCUT2D eigenvalue weighted by Gasteiger charge is -2.34. The summed E-state index contributed by atoms with van der Waals surface area (Å²) < 4.78 is 5.60. The van der Waals surface area contributed by atoms with Gasteiger partial charge < -0.3 is 10.1 Å². The van der Waals surface area contributed by atoms with E-state index in [2.05, 4.69) is 26.1 Å². The van der Waals surface area contributed by atoms with Crippen molar-refractivity contribution in [3.63, 3.8) is 0 Å². The molecule has 0 aliphatic heterocycles. The van der Waals surface area contributed by atoms with Crippen LogP contribution in [0.3, 0.4) is 0 Å². The molecule has 1 saturated carbocycles. The number of aryl methyl sites for hydroxylation is 2. The van der Waals surface area contributed by atoms with E-state index in [9.17, 15) is 4.79 Å². The number of carbonyl (C=O) groups excluding carboxylic acids is 1. The van der Waals surface area contributed by atoms with Crippen LogP contribution in [0.15, 0.2) is 18.2 Å². The average Bonchev–Trinajstić information content (AvgIpc) is 2.45. The van der Waals surface area contributed by atoms with Crippen molar-refractivity contribution >= 4 is 5.91 Å². The summed E-state index contributed by atoms with van der Waals surface area (Å²) in [6, 6.07) is 6.21. The molecule has 1 aliphatic carbocycles. The van der Waals surface area contributed by atoms with Gasteiger partial charge in [-0.2, -0.15) is 0 Å². The first kappa shape index (κ1) is 15.9. The molecule has 3 heteroatoms. The summed E-state index contributed by atoms with van der Waals surface area (Å²) in [6.07, 6.45) is 3.56. The van der Waals surface area contributed by atoms with Crippen molar-refractivity contribution in [2.24, 2.45) is 11.8 Å². The molecule has 0 radical (unpaired) electrons. The van der Waals surface area contributed by atoms with Gasteiger partial charge in [0.1, 0.15) is 5.75 Å². The van der Waals surface area contributed by atoms with Crippen LogP contribution in [0, 0.1) is 25.7 Å². The summed E-state index contributed by atoms with van der Waals surface area (Å²) in [7, 11) is 0. The summed E-state index contributed by atoms with van der Waals surface area (Å²) in [4.78, 5) is 12.1. The zero-order valence-corrected chi connectivity index (χ0v) is 13.6.